The molecule has 3 rings (SSSR count). The number of nitrogens with zero attached hydrogens (tertiary/aromatic N) is 2. The number of thiophene rings is 1. The number of aromatic nitrogens is 2. The van der Waals surface area contributed by atoms with Gasteiger partial charge in [0.1, 0.15) is 11.2 Å². The summed E-state index contributed by atoms with van der Waals surface area (Å²) in [5.74, 6) is 0.559. The molecular formula is C12H10N2O2S. The van der Waals surface area contributed by atoms with Gasteiger partial charge in [0, 0.05) is 6.07 Å². The van der Waals surface area contributed by atoms with Crippen LogP contribution < -0.4 is 4.74 Å². The number of hydrogen-bond acceptors (Lipinski definition) is 5. The van der Waals surface area contributed by atoms with Crippen LogP contribution in [0.2, 0.25) is 0 Å². The fourth-order valence-corrected chi connectivity index (χ4v) is 2.29. The zero-order chi connectivity index (χ0) is 11.7. The Morgan fingerprint density at radius 2 is 2.29 bits per heavy atom. The standard InChI is InChI=1S/C12H10N2O2S/c1-2-15-12-10(9-4-3-7-17-9)14-11-8(13-12)5-6-16-11/h3-7H,2H2,1H3. The molecular weight excluding hydrogens is 236 g/mol. The first-order valence-electron chi connectivity index (χ1n) is 5.30. The molecule has 0 atom stereocenters. The molecule has 3 aromatic rings. The number of fused-ring (bicyclic) bond motifs is 1. The van der Waals surface area contributed by atoms with Crippen molar-refractivity contribution in [2.24, 2.45) is 0 Å². The molecule has 0 unspecified atom stereocenters. The maximum atomic E-state index is 5.53. The highest BCUT2D eigenvalue weighted by molar-refractivity contribution is 7.13. The number of furan rings is 1. The molecule has 3 aromatic heterocycles. The first-order valence-corrected chi connectivity index (χ1v) is 6.18. The number of hydrogen-bond donors (Lipinski definition) is 0. The van der Waals surface area contributed by atoms with Gasteiger partial charge in [-0.1, -0.05) is 6.07 Å². The quantitative estimate of drug-likeness (QED) is 0.711. The van der Waals surface area contributed by atoms with Crippen molar-refractivity contribution in [3.63, 3.8) is 0 Å². The van der Waals surface area contributed by atoms with Gasteiger partial charge in [0.05, 0.1) is 17.7 Å². The fourth-order valence-electron chi connectivity index (χ4n) is 1.59. The molecule has 0 N–H and O–H groups in total. The topological polar surface area (TPSA) is 48.2 Å². The molecule has 17 heavy (non-hydrogen) atoms. The molecule has 0 radical (unpaired) electrons. The minimum absolute atomic E-state index is 0.539. The highest BCUT2D eigenvalue weighted by Crippen LogP contribution is 2.31. The monoisotopic (exact) mass is 246 g/mol. The molecule has 5 heteroatoms. The Hall–Kier alpha value is -1.88. The Balaban J connectivity index is 2.22. The lowest BCUT2D eigenvalue weighted by atomic mass is 10.3. The highest BCUT2D eigenvalue weighted by atomic mass is 32.1. The number of rotatable bonds is 3. The maximum absolute atomic E-state index is 5.53. The lowest BCUT2D eigenvalue weighted by Gasteiger charge is -2.06. The molecule has 0 saturated carbocycles. The Morgan fingerprint density at radius 1 is 1.35 bits per heavy atom. The van der Waals surface area contributed by atoms with Gasteiger partial charge in [-0.3, -0.25) is 0 Å². The molecule has 0 saturated heterocycles. The minimum atomic E-state index is 0.539. The average Bonchev–Trinajstić information content (AvgIpc) is 2.98. The van der Waals surface area contributed by atoms with Gasteiger partial charge in [-0.2, -0.15) is 0 Å². The van der Waals surface area contributed by atoms with Gasteiger partial charge in [-0.25, -0.2) is 9.97 Å². The highest BCUT2D eigenvalue weighted by Gasteiger charge is 2.14. The number of ether oxygens (including phenoxy) is 1. The maximum Gasteiger partial charge on any atom is 0.245 e. The van der Waals surface area contributed by atoms with E-state index in [1.165, 1.54) is 0 Å². The third-order valence-electron chi connectivity index (χ3n) is 2.30. The molecule has 0 spiro atoms. The second-order valence-corrected chi connectivity index (χ2v) is 4.35. The Labute approximate surface area is 102 Å². The van der Waals surface area contributed by atoms with Crippen LogP contribution in [-0.2, 0) is 0 Å². The lowest BCUT2D eigenvalue weighted by Crippen LogP contribution is -1.98. The summed E-state index contributed by atoms with van der Waals surface area (Å²) in [5.41, 5.74) is 2.00. The summed E-state index contributed by atoms with van der Waals surface area (Å²) in [4.78, 5) is 9.89. The smallest absolute Gasteiger partial charge is 0.245 e. The molecule has 4 nitrogen and oxygen atoms in total. The SMILES string of the molecule is CCOc1nc2ccoc2nc1-c1cccs1. The van der Waals surface area contributed by atoms with Crippen molar-refractivity contribution in [2.45, 2.75) is 6.92 Å². The molecule has 0 aliphatic heterocycles. The first kappa shape index (κ1) is 10.3. The lowest BCUT2D eigenvalue weighted by molar-refractivity contribution is 0.328. The van der Waals surface area contributed by atoms with E-state index >= 15 is 0 Å². The van der Waals surface area contributed by atoms with E-state index < -0.39 is 0 Å². The Morgan fingerprint density at radius 3 is 3.06 bits per heavy atom. The summed E-state index contributed by atoms with van der Waals surface area (Å²) >= 11 is 1.60. The van der Waals surface area contributed by atoms with E-state index in [0.29, 0.717) is 23.7 Å². The van der Waals surface area contributed by atoms with Crippen LogP contribution >= 0.6 is 11.3 Å². The zero-order valence-electron chi connectivity index (χ0n) is 9.21. The van der Waals surface area contributed by atoms with E-state index in [4.69, 9.17) is 9.15 Å². The molecule has 0 aliphatic carbocycles. The largest absolute Gasteiger partial charge is 0.476 e. The van der Waals surface area contributed by atoms with E-state index in [0.717, 1.165) is 10.6 Å². The van der Waals surface area contributed by atoms with Crippen molar-refractivity contribution < 1.29 is 9.15 Å². The van der Waals surface area contributed by atoms with Gasteiger partial charge >= 0.3 is 0 Å². The van der Waals surface area contributed by atoms with Crippen LogP contribution in [0.15, 0.2) is 34.3 Å². The van der Waals surface area contributed by atoms with Crippen LogP contribution in [0.5, 0.6) is 5.88 Å². The van der Waals surface area contributed by atoms with E-state index in [1.807, 2.05) is 24.4 Å². The molecule has 0 aromatic carbocycles. The van der Waals surface area contributed by atoms with Crippen LogP contribution in [0.1, 0.15) is 6.92 Å². The van der Waals surface area contributed by atoms with Crippen molar-refractivity contribution in [1.29, 1.82) is 0 Å². The third kappa shape index (κ3) is 1.78. The fraction of sp³-hybridized carbons (Fsp3) is 0.167. The third-order valence-corrected chi connectivity index (χ3v) is 3.17. The summed E-state index contributed by atoms with van der Waals surface area (Å²) in [6.07, 6.45) is 1.58. The Bertz CT molecular complexity index is 631. The van der Waals surface area contributed by atoms with Gasteiger partial charge in [0.25, 0.3) is 0 Å². The summed E-state index contributed by atoms with van der Waals surface area (Å²) in [6, 6.07) is 5.75. The van der Waals surface area contributed by atoms with Crippen molar-refractivity contribution >= 4 is 22.6 Å². The van der Waals surface area contributed by atoms with Crippen molar-refractivity contribution in [3.05, 3.63) is 29.8 Å². The summed E-state index contributed by atoms with van der Waals surface area (Å²) < 4.78 is 10.8. The first-order chi connectivity index (χ1) is 8.38. The second-order valence-electron chi connectivity index (χ2n) is 3.40. The van der Waals surface area contributed by atoms with E-state index in [2.05, 4.69) is 9.97 Å². The minimum Gasteiger partial charge on any atom is -0.476 e. The van der Waals surface area contributed by atoms with Crippen LogP contribution in [0.4, 0.5) is 0 Å². The predicted molar refractivity (Wildman–Crippen MR) is 66.3 cm³/mol. The van der Waals surface area contributed by atoms with Crippen molar-refractivity contribution in [1.82, 2.24) is 9.97 Å². The van der Waals surface area contributed by atoms with Crippen LogP contribution in [0, 0.1) is 0 Å². The van der Waals surface area contributed by atoms with Crippen LogP contribution in [-0.4, -0.2) is 16.6 Å². The molecule has 86 valence electrons. The zero-order valence-corrected chi connectivity index (χ0v) is 10.0. The summed E-state index contributed by atoms with van der Waals surface area (Å²) in [5, 5.41) is 2.00. The van der Waals surface area contributed by atoms with Gasteiger partial charge in [-0.15, -0.1) is 11.3 Å². The van der Waals surface area contributed by atoms with Gasteiger partial charge < -0.3 is 9.15 Å². The normalized spacial score (nSPS) is 10.9. The molecule has 0 amide bonds. The van der Waals surface area contributed by atoms with Crippen LogP contribution in [0.25, 0.3) is 21.8 Å². The predicted octanol–water partition coefficient (Wildman–Crippen LogP) is 3.35. The summed E-state index contributed by atoms with van der Waals surface area (Å²) in [6.45, 7) is 2.50. The van der Waals surface area contributed by atoms with Crippen molar-refractivity contribution in [2.75, 3.05) is 6.61 Å². The van der Waals surface area contributed by atoms with Gasteiger partial charge in [0.2, 0.25) is 11.6 Å². The van der Waals surface area contributed by atoms with Crippen molar-refractivity contribution in [3.8, 4) is 16.5 Å². The molecule has 3 heterocycles. The Kier molecular flexibility index (Phi) is 2.53. The average molecular weight is 246 g/mol. The molecule has 0 fully saturated rings. The summed E-state index contributed by atoms with van der Waals surface area (Å²) in [7, 11) is 0. The van der Waals surface area contributed by atoms with Gasteiger partial charge in [0.15, 0.2) is 0 Å². The van der Waals surface area contributed by atoms with E-state index in [1.54, 1.807) is 23.7 Å². The van der Waals surface area contributed by atoms with Gasteiger partial charge in [-0.05, 0) is 18.4 Å². The van der Waals surface area contributed by atoms with E-state index in [-0.39, 0.29) is 0 Å². The van der Waals surface area contributed by atoms with E-state index in [9.17, 15) is 0 Å². The molecule has 0 aliphatic rings. The van der Waals surface area contributed by atoms with Crippen LogP contribution in [0.3, 0.4) is 0 Å². The second kappa shape index (κ2) is 4.18. The molecule has 0 bridgehead atoms.